The molecular formula is C19H20FN3O4. The van der Waals surface area contributed by atoms with Gasteiger partial charge in [-0.1, -0.05) is 6.07 Å². The molecular weight excluding hydrogens is 353 g/mol. The van der Waals surface area contributed by atoms with Crippen LogP contribution in [-0.2, 0) is 4.79 Å². The minimum Gasteiger partial charge on any atom is -0.493 e. The smallest absolute Gasteiger partial charge is 0.319 e. The number of nitrogens with one attached hydrogen (secondary N) is 2. The van der Waals surface area contributed by atoms with E-state index in [-0.39, 0.29) is 24.9 Å². The van der Waals surface area contributed by atoms with E-state index < -0.39 is 11.8 Å². The van der Waals surface area contributed by atoms with Gasteiger partial charge in [0.1, 0.15) is 5.82 Å². The summed E-state index contributed by atoms with van der Waals surface area (Å²) in [5, 5.41) is 5.46. The van der Waals surface area contributed by atoms with Crippen LogP contribution in [0.3, 0.4) is 0 Å². The number of hydrogen-bond acceptors (Lipinski definition) is 4. The molecule has 3 rings (SSSR count). The molecule has 2 aromatic carbocycles. The molecule has 1 fully saturated rings. The van der Waals surface area contributed by atoms with Crippen molar-refractivity contribution in [2.45, 2.75) is 12.5 Å². The Morgan fingerprint density at radius 3 is 2.63 bits per heavy atom. The number of benzene rings is 2. The number of anilines is 2. The van der Waals surface area contributed by atoms with Gasteiger partial charge in [0, 0.05) is 30.4 Å². The molecule has 1 aliphatic heterocycles. The number of amides is 3. The van der Waals surface area contributed by atoms with Crippen LogP contribution in [0.2, 0.25) is 0 Å². The minimum absolute atomic E-state index is 0.149. The van der Waals surface area contributed by atoms with E-state index in [2.05, 4.69) is 10.6 Å². The molecule has 1 aliphatic rings. The van der Waals surface area contributed by atoms with E-state index in [4.69, 9.17) is 9.47 Å². The van der Waals surface area contributed by atoms with Gasteiger partial charge in [-0.05, 0) is 30.3 Å². The van der Waals surface area contributed by atoms with Crippen molar-refractivity contribution < 1.29 is 23.5 Å². The second kappa shape index (κ2) is 7.94. The Bertz CT molecular complexity index is 859. The molecule has 7 nitrogen and oxygen atoms in total. The van der Waals surface area contributed by atoms with Crippen LogP contribution >= 0.6 is 0 Å². The van der Waals surface area contributed by atoms with Crippen LogP contribution in [0.15, 0.2) is 42.5 Å². The number of methoxy groups -OCH3 is 2. The summed E-state index contributed by atoms with van der Waals surface area (Å²) in [4.78, 5) is 25.9. The maximum atomic E-state index is 13.4. The van der Waals surface area contributed by atoms with Crippen molar-refractivity contribution in [3.8, 4) is 11.5 Å². The topological polar surface area (TPSA) is 79.9 Å². The van der Waals surface area contributed by atoms with Crippen LogP contribution in [0.25, 0.3) is 0 Å². The normalized spacial score (nSPS) is 16.2. The summed E-state index contributed by atoms with van der Waals surface area (Å²) in [6.45, 7) is 0.279. The fourth-order valence-electron chi connectivity index (χ4n) is 2.96. The number of hydrogen-bond donors (Lipinski definition) is 2. The van der Waals surface area contributed by atoms with E-state index >= 15 is 0 Å². The number of halogens is 1. The highest BCUT2D eigenvalue weighted by Crippen LogP contribution is 2.29. The maximum absolute atomic E-state index is 13.4. The lowest BCUT2D eigenvalue weighted by molar-refractivity contribution is -0.117. The highest BCUT2D eigenvalue weighted by molar-refractivity contribution is 5.97. The first kappa shape index (κ1) is 18.5. The van der Waals surface area contributed by atoms with Gasteiger partial charge in [-0.3, -0.25) is 4.79 Å². The van der Waals surface area contributed by atoms with Gasteiger partial charge in [0.05, 0.1) is 20.3 Å². The average Bonchev–Trinajstić information content (AvgIpc) is 3.01. The van der Waals surface area contributed by atoms with Crippen LogP contribution < -0.4 is 25.0 Å². The van der Waals surface area contributed by atoms with E-state index in [1.165, 1.54) is 31.3 Å². The third-order valence-electron chi connectivity index (χ3n) is 4.22. The molecule has 1 atom stereocenters. The van der Waals surface area contributed by atoms with Crippen molar-refractivity contribution in [3.63, 3.8) is 0 Å². The van der Waals surface area contributed by atoms with Crippen LogP contribution in [0.4, 0.5) is 20.6 Å². The van der Waals surface area contributed by atoms with E-state index in [1.54, 1.807) is 30.3 Å². The van der Waals surface area contributed by atoms with Gasteiger partial charge in [-0.15, -0.1) is 0 Å². The van der Waals surface area contributed by atoms with Gasteiger partial charge in [-0.25, -0.2) is 9.18 Å². The Kier molecular flexibility index (Phi) is 5.44. The van der Waals surface area contributed by atoms with Gasteiger partial charge >= 0.3 is 6.03 Å². The average molecular weight is 373 g/mol. The Balaban J connectivity index is 1.61. The number of carbonyl (C=O) groups excluding carboxylic acids is 2. The van der Waals surface area contributed by atoms with Crippen molar-refractivity contribution in [3.05, 3.63) is 48.3 Å². The first-order chi connectivity index (χ1) is 13.0. The zero-order valence-corrected chi connectivity index (χ0v) is 15.0. The van der Waals surface area contributed by atoms with Crippen molar-refractivity contribution >= 4 is 23.3 Å². The van der Waals surface area contributed by atoms with Crippen molar-refractivity contribution in [2.75, 3.05) is 31.0 Å². The fraction of sp³-hybridized carbons (Fsp3) is 0.263. The van der Waals surface area contributed by atoms with Gasteiger partial charge in [0.2, 0.25) is 5.91 Å². The molecule has 2 N–H and O–H groups in total. The number of urea groups is 1. The predicted molar refractivity (Wildman–Crippen MR) is 98.9 cm³/mol. The summed E-state index contributed by atoms with van der Waals surface area (Å²) in [7, 11) is 3.03. The Morgan fingerprint density at radius 2 is 1.93 bits per heavy atom. The lowest BCUT2D eigenvalue weighted by atomic mass is 10.2. The molecule has 1 heterocycles. The van der Waals surface area contributed by atoms with E-state index in [0.29, 0.717) is 22.9 Å². The van der Waals surface area contributed by atoms with Crippen LogP contribution in [0.5, 0.6) is 11.5 Å². The molecule has 0 radical (unpaired) electrons. The first-order valence-corrected chi connectivity index (χ1v) is 8.35. The quantitative estimate of drug-likeness (QED) is 0.845. The molecule has 142 valence electrons. The third-order valence-corrected chi connectivity index (χ3v) is 4.22. The zero-order valence-electron chi connectivity index (χ0n) is 15.0. The zero-order chi connectivity index (χ0) is 19.4. The minimum atomic E-state index is -0.443. The molecule has 8 heteroatoms. The Labute approximate surface area is 156 Å². The van der Waals surface area contributed by atoms with Crippen LogP contribution in [0.1, 0.15) is 6.42 Å². The summed E-state index contributed by atoms with van der Waals surface area (Å²) in [5.41, 5.74) is 1.00. The Hall–Kier alpha value is -3.29. The van der Waals surface area contributed by atoms with Crippen LogP contribution in [-0.4, -0.2) is 38.7 Å². The molecule has 0 unspecified atom stereocenters. The summed E-state index contributed by atoms with van der Waals surface area (Å²) in [6.07, 6.45) is 0.149. The highest BCUT2D eigenvalue weighted by atomic mass is 19.1. The summed E-state index contributed by atoms with van der Waals surface area (Å²) in [5.74, 6) is 0.458. The number of ether oxygens (including phenoxy) is 2. The molecule has 27 heavy (non-hydrogen) atoms. The number of nitrogens with zero attached hydrogens (tertiary/aromatic N) is 1. The van der Waals surface area contributed by atoms with Gasteiger partial charge in [0.25, 0.3) is 0 Å². The lowest BCUT2D eigenvalue weighted by Crippen LogP contribution is -2.39. The molecule has 0 bridgehead atoms. The van der Waals surface area contributed by atoms with Gasteiger partial charge < -0.3 is 25.0 Å². The molecule has 0 spiro atoms. The molecule has 3 amide bonds. The summed E-state index contributed by atoms with van der Waals surface area (Å²) < 4.78 is 23.7. The fourth-order valence-corrected chi connectivity index (χ4v) is 2.96. The monoisotopic (exact) mass is 373 g/mol. The third kappa shape index (κ3) is 4.28. The molecule has 1 saturated heterocycles. The highest BCUT2D eigenvalue weighted by Gasteiger charge is 2.31. The van der Waals surface area contributed by atoms with E-state index in [1.807, 2.05) is 0 Å². The molecule has 2 aromatic rings. The van der Waals surface area contributed by atoms with Gasteiger partial charge in [-0.2, -0.15) is 0 Å². The maximum Gasteiger partial charge on any atom is 0.319 e. The molecule has 0 aromatic heterocycles. The van der Waals surface area contributed by atoms with Gasteiger partial charge in [0.15, 0.2) is 11.5 Å². The molecule has 0 saturated carbocycles. The van der Waals surface area contributed by atoms with Crippen molar-refractivity contribution in [1.82, 2.24) is 5.32 Å². The second-order valence-electron chi connectivity index (χ2n) is 6.05. The predicted octanol–water partition coefficient (Wildman–Crippen LogP) is 2.77. The van der Waals surface area contributed by atoms with E-state index in [0.717, 1.165) is 0 Å². The summed E-state index contributed by atoms with van der Waals surface area (Å²) >= 11 is 0. The number of rotatable bonds is 5. The van der Waals surface area contributed by atoms with Crippen molar-refractivity contribution in [2.24, 2.45) is 0 Å². The summed E-state index contributed by atoms with van der Waals surface area (Å²) in [6, 6.07) is 9.99. The standard InChI is InChI=1S/C19H20FN3O4/c1-26-16-7-6-13(9-17(16)27-2)21-19(25)22-14-10-18(24)23(11-14)15-5-3-4-12(20)8-15/h3-9,14H,10-11H2,1-2H3,(H2,21,22,25)/t14-/m0/s1. The lowest BCUT2D eigenvalue weighted by Gasteiger charge is -2.17. The van der Waals surface area contributed by atoms with Crippen molar-refractivity contribution in [1.29, 1.82) is 0 Å². The van der Waals surface area contributed by atoms with Crippen LogP contribution in [0, 0.1) is 5.82 Å². The molecule has 0 aliphatic carbocycles. The Morgan fingerprint density at radius 1 is 1.15 bits per heavy atom. The largest absolute Gasteiger partial charge is 0.493 e. The first-order valence-electron chi connectivity index (χ1n) is 8.35. The van der Waals surface area contributed by atoms with E-state index in [9.17, 15) is 14.0 Å². The SMILES string of the molecule is COc1ccc(NC(=O)N[C@H]2CC(=O)N(c3cccc(F)c3)C2)cc1OC. The second-order valence-corrected chi connectivity index (χ2v) is 6.05. The number of carbonyl (C=O) groups is 2.